The number of fused-ring (bicyclic) bond motifs is 1. The van der Waals surface area contributed by atoms with Gasteiger partial charge in [0.1, 0.15) is 0 Å². The van der Waals surface area contributed by atoms with Crippen LogP contribution in [0.4, 0.5) is 0 Å². The highest BCUT2D eigenvalue weighted by Gasteiger charge is 2.29. The summed E-state index contributed by atoms with van der Waals surface area (Å²) in [7, 11) is 0. The van der Waals surface area contributed by atoms with Crippen LogP contribution in [0.3, 0.4) is 0 Å². The second-order valence-corrected chi connectivity index (χ2v) is 7.72. The van der Waals surface area contributed by atoms with E-state index in [2.05, 4.69) is 37.4 Å². The van der Waals surface area contributed by atoms with Crippen molar-refractivity contribution in [2.75, 3.05) is 0 Å². The van der Waals surface area contributed by atoms with Crippen LogP contribution in [0.5, 0.6) is 0 Å². The standard InChI is InChI=1S/C20H31N/c1-20(2,19-10-4-3-5-11-19)21-15-16-12-13-17-8-6-7-9-18(17)14-16/h12-14,19,21H,3-11,15H2,1-2H3. The number of benzene rings is 1. The Morgan fingerprint density at radius 3 is 2.43 bits per heavy atom. The van der Waals surface area contributed by atoms with Crippen LogP contribution in [-0.2, 0) is 19.4 Å². The van der Waals surface area contributed by atoms with Crippen molar-refractivity contribution in [3.63, 3.8) is 0 Å². The topological polar surface area (TPSA) is 12.0 Å². The summed E-state index contributed by atoms with van der Waals surface area (Å²) in [5, 5.41) is 3.85. The van der Waals surface area contributed by atoms with Crippen LogP contribution in [0.25, 0.3) is 0 Å². The van der Waals surface area contributed by atoms with Gasteiger partial charge in [-0.05, 0) is 75.0 Å². The second-order valence-electron chi connectivity index (χ2n) is 7.72. The minimum atomic E-state index is 0.274. The molecule has 1 heteroatoms. The Labute approximate surface area is 130 Å². The molecule has 21 heavy (non-hydrogen) atoms. The Morgan fingerprint density at radius 1 is 0.952 bits per heavy atom. The molecule has 0 heterocycles. The lowest BCUT2D eigenvalue weighted by atomic mass is 9.76. The van der Waals surface area contributed by atoms with Crippen molar-refractivity contribution in [1.82, 2.24) is 5.32 Å². The fourth-order valence-electron chi connectivity index (χ4n) is 4.20. The maximum atomic E-state index is 3.85. The van der Waals surface area contributed by atoms with E-state index in [1.165, 1.54) is 63.4 Å². The largest absolute Gasteiger partial charge is 0.307 e. The third kappa shape index (κ3) is 3.69. The summed E-state index contributed by atoms with van der Waals surface area (Å²) in [5.41, 5.74) is 4.95. The van der Waals surface area contributed by atoms with E-state index >= 15 is 0 Å². The van der Waals surface area contributed by atoms with E-state index in [9.17, 15) is 0 Å². The Bertz CT molecular complexity index is 469. The Morgan fingerprint density at radius 2 is 1.67 bits per heavy atom. The maximum Gasteiger partial charge on any atom is 0.0210 e. The van der Waals surface area contributed by atoms with Crippen LogP contribution in [0.2, 0.25) is 0 Å². The predicted octanol–water partition coefficient (Wildman–Crippen LogP) is 5.01. The van der Waals surface area contributed by atoms with Gasteiger partial charge in [-0.25, -0.2) is 0 Å². The molecule has 0 saturated heterocycles. The third-order valence-electron chi connectivity index (χ3n) is 5.79. The molecule has 1 saturated carbocycles. The summed E-state index contributed by atoms with van der Waals surface area (Å²) < 4.78 is 0. The fraction of sp³-hybridized carbons (Fsp3) is 0.700. The molecule has 1 aromatic rings. The highest BCUT2D eigenvalue weighted by molar-refractivity contribution is 5.33. The minimum absolute atomic E-state index is 0.274. The first-order valence-corrected chi connectivity index (χ1v) is 9.01. The molecule has 0 spiro atoms. The molecule has 0 unspecified atom stereocenters. The summed E-state index contributed by atoms with van der Waals surface area (Å²) in [5.74, 6) is 0.851. The molecule has 0 aromatic heterocycles. The summed E-state index contributed by atoms with van der Waals surface area (Å²) in [6.07, 6.45) is 12.4. The van der Waals surface area contributed by atoms with Crippen molar-refractivity contribution >= 4 is 0 Å². The molecule has 3 rings (SSSR count). The van der Waals surface area contributed by atoms with Gasteiger partial charge >= 0.3 is 0 Å². The van der Waals surface area contributed by atoms with E-state index in [1.54, 1.807) is 11.1 Å². The van der Waals surface area contributed by atoms with Crippen LogP contribution >= 0.6 is 0 Å². The molecule has 0 radical (unpaired) electrons. The first kappa shape index (κ1) is 15.1. The molecule has 116 valence electrons. The molecule has 0 aliphatic heterocycles. The zero-order valence-corrected chi connectivity index (χ0v) is 13.9. The van der Waals surface area contributed by atoms with Crippen molar-refractivity contribution < 1.29 is 0 Å². The first-order valence-electron chi connectivity index (χ1n) is 9.01. The van der Waals surface area contributed by atoms with E-state index in [-0.39, 0.29) is 5.54 Å². The molecule has 0 amide bonds. The number of hydrogen-bond acceptors (Lipinski definition) is 1. The monoisotopic (exact) mass is 285 g/mol. The molecule has 0 bridgehead atoms. The average molecular weight is 285 g/mol. The summed E-state index contributed by atoms with van der Waals surface area (Å²) in [6.45, 7) is 5.83. The molecule has 1 N–H and O–H groups in total. The average Bonchev–Trinajstić information content (AvgIpc) is 2.54. The summed E-state index contributed by atoms with van der Waals surface area (Å²) in [6, 6.07) is 7.17. The Hall–Kier alpha value is -0.820. The van der Waals surface area contributed by atoms with E-state index in [4.69, 9.17) is 0 Å². The predicted molar refractivity (Wildman–Crippen MR) is 90.6 cm³/mol. The van der Waals surface area contributed by atoms with Crippen LogP contribution in [0.1, 0.15) is 75.5 Å². The lowest BCUT2D eigenvalue weighted by Crippen LogP contribution is -2.46. The van der Waals surface area contributed by atoms with Gasteiger partial charge < -0.3 is 5.32 Å². The van der Waals surface area contributed by atoms with Gasteiger partial charge in [-0.15, -0.1) is 0 Å². The van der Waals surface area contributed by atoms with Crippen molar-refractivity contribution in [1.29, 1.82) is 0 Å². The molecule has 1 aromatic carbocycles. The lowest BCUT2D eigenvalue weighted by molar-refractivity contribution is 0.193. The second kappa shape index (κ2) is 6.52. The van der Waals surface area contributed by atoms with Crippen molar-refractivity contribution in [2.45, 2.75) is 83.7 Å². The normalized spacial score (nSPS) is 20.3. The molecule has 0 atom stereocenters. The van der Waals surface area contributed by atoms with Crippen molar-refractivity contribution in [3.8, 4) is 0 Å². The zero-order chi connectivity index (χ0) is 14.7. The van der Waals surface area contributed by atoms with E-state index in [0.29, 0.717) is 0 Å². The molecule has 2 aliphatic carbocycles. The number of nitrogens with one attached hydrogen (secondary N) is 1. The Kier molecular flexibility index (Phi) is 4.69. The van der Waals surface area contributed by atoms with Crippen LogP contribution in [-0.4, -0.2) is 5.54 Å². The van der Waals surface area contributed by atoms with Crippen molar-refractivity contribution in [3.05, 3.63) is 34.9 Å². The van der Waals surface area contributed by atoms with Gasteiger partial charge in [0, 0.05) is 12.1 Å². The smallest absolute Gasteiger partial charge is 0.0210 e. The van der Waals surface area contributed by atoms with E-state index in [0.717, 1.165) is 12.5 Å². The minimum Gasteiger partial charge on any atom is -0.307 e. The highest BCUT2D eigenvalue weighted by atomic mass is 15.0. The maximum absolute atomic E-state index is 3.85. The summed E-state index contributed by atoms with van der Waals surface area (Å²) in [4.78, 5) is 0. The summed E-state index contributed by atoms with van der Waals surface area (Å²) >= 11 is 0. The van der Waals surface area contributed by atoms with E-state index < -0.39 is 0 Å². The fourth-order valence-corrected chi connectivity index (χ4v) is 4.20. The van der Waals surface area contributed by atoms with Crippen LogP contribution < -0.4 is 5.32 Å². The van der Waals surface area contributed by atoms with Gasteiger partial charge in [0.05, 0.1) is 0 Å². The highest BCUT2D eigenvalue weighted by Crippen LogP contribution is 2.32. The number of aryl methyl sites for hydroxylation is 2. The van der Waals surface area contributed by atoms with Gasteiger partial charge in [0.25, 0.3) is 0 Å². The van der Waals surface area contributed by atoms with E-state index in [1.807, 2.05) is 0 Å². The number of hydrogen-bond donors (Lipinski definition) is 1. The first-order chi connectivity index (χ1) is 10.1. The number of rotatable bonds is 4. The van der Waals surface area contributed by atoms with Gasteiger partial charge in [-0.3, -0.25) is 0 Å². The van der Waals surface area contributed by atoms with Gasteiger partial charge in [0.15, 0.2) is 0 Å². The molecule has 2 aliphatic rings. The molecule has 1 nitrogen and oxygen atoms in total. The van der Waals surface area contributed by atoms with Gasteiger partial charge in [-0.1, -0.05) is 37.5 Å². The van der Waals surface area contributed by atoms with Gasteiger partial charge in [0.2, 0.25) is 0 Å². The van der Waals surface area contributed by atoms with Gasteiger partial charge in [-0.2, -0.15) is 0 Å². The molecule has 1 fully saturated rings. The molecular weight excluding hydrogens is 254 g/mol. The van der Waals surface area contributed by atoms with Crippen LogP contribution in [0.15, 0.2) is 18.2 Å². The Balaban J connectivity index is 1.61. The third-order valence-corrected chi connectivity index (χ3v) is 5.79. The zero-order valence-electron chi connectivity index (χ0n) is 13.9. The molecular formula is C20H31N. The quantitative estimate of drug-likeness (QED) is 0.819. The van der Waals surface area contributed by atoms with Crippen LogP contribution in [0, 0.1) is 5.92 Å². The lowest BCUT2D eigenvalue weighted by Gasteiger charge is -2.38. The van der Waals surface area contributed by atoms with Crippen molar-refractivity contribution in [2.24, 2.45) is 5.92 Å². The SMILES string of the molecule is CC(C)(NCc1ccc2c(c1)CCCC2)C1CCCCC1.